The SMILES string of the molecule is CCO[Si](CC([SiH3])[Si](OCC)(OCC)OCC)(OCC)OCC. The van der Waals surface area contributed by atoms with Gasteiger partial charge in [-0.15, -0.1) is 0 Å². The van der Waals surface area contributed by atoms with Crippen molar-refractivity contribution in [3.8, 4) is 0 Å². The van der Waals surface area contributed by atoms with Crippen molar-refractivity contribution in [2.45, 2.75) is 52.8 Å². The quantitative estimate of drug-likeness (QED) is 0.401. The fourth-order valence-electron chi connectivity index (χ4n) is 2.62. The first-order valence-corrected chi connectivity index (χ1v) is 13.7. The van der Waals surface area contributed by atoms with Crippen molar-refractivity contribution >= 4 is 27.9 Å². The highest BCUT2D eigenvalue weighted by Crippen LogP contribution is 2.33. The third kappa shape index (κ3) is 7.45. The van der Waals surface area contributed by atoms with Crippen LogP contribution in [0, 0.1) is 0 Å². The zero-order chi connectivity index (χ0) is 17.8. The molecule has 0 fully saturated rings. The largest absolute Gasteiger partial charge is 0.500 e. The van der Waals surface area contributed by atoms with Gasteiger partial charge >= 0.3 is 17.6 Å². The number of hydrogen-bond acceptors (Lipinski definition) is 6. The van der Waals surface area contributed by atoms with E-state index < -0.39 is 17.6 Å². The molecule has 1 unspecified atom stereocenters. The minimum atomic E-state index is -2.74. The lowest BCUT2D eigenvalue weighted by atomic mass is 10.9. The Morgan fingerprint density at radius 1 is 0.609 bits per heavy atom. The van der Waals surface area contributed by atoms with E-state index in [1.165, 1.54) is 0 Å². The molecule has 0 N–H and O–H groups in total. The highest BCUT2D eigenvalue weighted by atomic mass is 28.4. The molecule has 1 atom stereocenters. The summed E-state index contributed by atoms with van der Waals surface area (Å²) in [5.41, 5.74) is 0. The summed E-state index contributed by atoms with van der Waals surface area (Å²) in [6, 6.07) is 0.695. The Hall–Kier alpha value is 0.411. The minimum absolute atomic E-state index is 0.179. The lowest BCUT2D eigenvalue weighted by Crippen LogP contribution is -2.55. The number of rotatable bonds is 15. The molecule has 0 aliphatic rings. The smallest absolute Gasteiger partial charge is 0.374 e. The minimum Gasteiger partial charge on any atom is -0.374 e. The van der Waals surface area contributed by atoms with Crippen LogP contribution in [-0.2, 0) is 26.6 Å². The Labute approximate surface area is 147 Å². The standard InChI is InChI=1S/C14H36O6Si3/c1-7-15-22(16-8-2,17-9-3)13-14(21)23(18-10-4,19-11-5)20-12-6/h14H,7-13H2,1-6,21H3. The van der Waals surface area contributed by atoms with Crippen LogP contribution in [0.25, 0.3) is 0 Å². The molecule has 0 saturated carbocycles. The lowest BCUT2D eigenvalue weighted by molar-refractivity contribution is 0.0553. The molecule has 0 aromatic rings. The van der Waals surface area contributed by atoms with E-state index in [0.717, 1.165) is 10.2 Å². The van der Waals surface area contributed by atoms with Gasteiger partial charge in [0, 0.05) is 61.1 Å². The molecule has 0 aliphatic carbocycles. The van der Waals surface area contributed by atoms with E-state index in [4.69, 9.17) is 26.6 Å². The Morgan fingerprint density at radius 3 is 1.17 bits per heavy atom. The zero-order valence-electron chi connectivity index (χ0n) is 16.0. The van der Waals surface area contributed by atoms with Crippen LogP contribution >= 0.6 is 0 Å². The van der Waals surface area contributed by atoms with Gasteiger partial charge in [-0.05, 0) is 41.5 Å². The predicted molar refractivity (Wildman–Crippen MR) is 99.8 cm³/mol. The fraction of sp³-hybridized carbons (Fsp3) is 1.00. The second-order valence-corrected chi connectivity index (χ2v) is 13.2. The van der Waals surface area contributed by atoms with Crippen LogP contribution in [0.4, 0.5) is 0 Å². The highest BCUT2D eigenvalue weighted by Gasteiger charge is 2.53. The highest BCUT2D eigenvalue weighted by molar-refractivity contribution is 6.73. The topological polar surface area (TPSA) is 55.4 Å². The Kier molecular flexibility index (Phi) is 13.0. The lowest BCUT2D eigenvalue weighted by Gasteiger charge is -2.37. The van der Waals surface area contributed by atoms with Crippen molar-refractivity contribution in [2.24, 2.45) is 0 Å². The van der Waals surface area contributed by atoms with E-state index >= 15 is 0 Å². The van der Waals surface area contributed by atoms with Gasteiger partial charge in [0.15, 0.2) is 0 Å². The van der Waals surface area contributed by atoms with Crippen molar-refractivity contribution in [2.75, 3.05) is 39.6 Å². The van der Waals surface area contributed by atoms with E-state index in [1.54, 1.807) is 0 Å². The maximum atomic E-state index is 6.04. The molecule has 0 heterocycles. The first-order valence-electron chi connectivity index (χ1n) is 8.83. The van der Waals surface area contributed by atoms with Crippen molar-refractivity contribution in [1.29, 1.82) is 0 Å². The maximum Gasteiger partial charge on any atom is 0.500 e. The summed E-state index contributed by atoms with van der Waals surface area (Å²) in [5, 5.41) is 0.179. The molecule has 0 amide bonds. The molecule has 0 bridgehead atoms. The first-order chi connectivity index (χ1) is 11.0. The van der Waals surface area contributed by atoms with Crippen LogP contribution in [0.15, 0.2) is 0 Å². The molecule has 140 valence electrons. The molecule has 0 aliphatic heterocycles. The van der Waals surface area contributed by atoms with Gasteiger partial charge in [-0.3, -0.25) is 0 Å². The van der Waals surface area contributed by atoms with E-state index in [-0.39, 0.29) is 5.16 Å². The van der Waals surface area contributed by atoms with E-state index in [9.17, 15) is 0 Å². The second-order valence-electron chi connectivity index (χ2n) is 4.99. The Bertz CT molecular complexity index is 262. The van der Waals surface area contributed by atoms with Gasteiger partial charge in [0.2, 0.25) is 0 Å². The molecule has 0 rings (SSSR count). The molecule has 0 aromatic carbocycles. The summed E-state index contributed by atoms with van der Waals surface area (Å²) in [7, 11) is -4.59. The summed E-state index contributed by atoms with van der Waals surface area (Å²) in [6.07, 6.45) is 0. The monoisotopic (exact) mass is 384 g/mol. The third-order valence-corrected chi connectivity index (χ3v) is 13.8. The average molecular weight is 385 g/mol. The van der Waals surface area contributed by atoms with E-state index in [2.05, 4.69) is 0 Å². The summed E-state index contributed by atoms with van der Waals surface area (Å²) in [6.45, 7) is 15.3. The van der Waals surface area contributed by atoms with Crippen LogP contribution in [0.1, 0.15) is 41.5 Å². The summed E-state index contributed by atoms with van der Waals surface area (Å²) >= 11 is 0. The summed E-state index contributed by atoms with van der Waals surface area (Å²) < 4.78 is 36.1. The molecule has 0 radical (unpaired) electrons. The van der Waals surface area contributed by atoms with Gasteiger partial charge in [-0.25, -0.2) is 0 Å². The normalized spacial score (nSPS) is 14.3. The molecule has 0 spiro atoms. The van der Waals surface area contributed by atoms with Crippen LogP contribution in [-0.4, -0.2) is 67.5 Å². The van der Waals surface area contributed by atoms with Crippen LogP contribution in [0.3, 0.4) is 0 Å². The molecule has 6 nitrogen and oxygen atoms in total. The predicted octanol–water partition coefficient (Wildman–Crippen LogP) is 1.78. The third-order valence-electron chi connectivity index (χ3n) is 3.29. The van der Waals surface area contributed by atoms with Crippen LogP contribution < -0.4 is 0 Å². The van der Waals surface area contributed by atoms with Gasteiger partial charge in [-0.2, -0.15) is 0 Å². The summed E-state index contributed by atoms with van der Waals surface area (Å²) in [4.78, 5) is 0. The van der Waals surface area contributed by atoms with Gasteiger partial charge in [0.05, 0.1) is 0 Å². The molecular formula is C14H36O6Si3. The van der Waals surface area contributed by atoms with Crippen molar-refractivity contribution < 1.29 is 26.6 Å². The fourth-order valence-corrected chi connectivity index (χ4v) is 12.4. The van der Waals surface area contributed by atoms with Crippen molar-refractivity contribution in [1.82, 2.24) is 0 Å². The van der Waals surface area contributed by atoms with Gasteiger partial charge in [0.25, 0.3) is 0 Å². The summed E-state index contributed by atoms with van der Waals surface area (Å²) in [5.74, 6) is 0. The molecule has 0 saturated heterocycles. The van der Waals surface area contributed by atoms with Gasteiger partial charge in [-0.1, -0.05) is 0 Å². The molecule has 9 heteroatoms. The van der Waals surface area contributed by atoms with Crippen LogP contribution in [0.5, 0.6) is 0 Å². The number of hydrogen-bond donors (Lipinski definition) is 0. The maximum absolute atomic E-state index is 6.04. The van der Waals surface area contributed by atoms with Gasteiger partial charge < -0.3 is 26.6 Å². The van der Waals surface area contributed by atoms with Crippen molar-refractivity contribution in [3.05, 3.63) is 0 Å². The zero-order valence-corrected chi connectivity index (χ0v) is 20.0. The van der Waals surface area contributed by atoms with Crippen LogP contribution in [0.2, 0.25) is 11.2 Å². The molecular weight excluding hydrogens is 348 g/mol. The second kappa shape index (κ2) is 12.7. The molecule has 0 aromatic heterocycles. The van der Waals surface area contributed by atoms with Crippen molar-refractivity contribution in [3.63, 3.8) is 0 Å². The Morgan fingerprint density at radius 2 is 0.913 bits per heavy atom. The average Bonchev–Trinajstić information content (AvgIpc) is 2.48. The first kappa shape index (κ1) is 23.4. The van der Waals surface area contributed by atoms with Gasteiger partial charge in [0.1, 0.15) is 0 Å². The van der Waals surface area contributed by atoms with E-state index in [1.807, 2.05) is 41.5 Å². The van der Waals surface area contributed by atoms with E-state index in [0.29, 0.717) is 45.7 Å². The Balaban J connectivity index is 5.37. The molecule has 23 heavy (non-hydrogen) atoms.